The molecule has 2 aliphatic rings. The molecule has 5 rings (SSSR count). The van der Waals surface area contributed by atoms with Gasteiger partial charge in [-0.1, -0.05) is 78.5 Å². The first-order valence-electron chi connectivity index (χ1n) is 10.9. The van der Waals surface area contributed by atoms with Crippen LogP contribution in [-0.4, -0.2) is 35.3 Å². The summed E-state index contributed by atoms with van der Waals surface area (Å²) in [6, 6.07) is 24.9. The summed E-state index contributed by atoms with van der Waals surface area (Å²) >= 11 is 1.63. The highest BCUT2D eigenvalue weighted by Crippen LogP contribution is 2.49. The van der Waals surface area contributed by atoms with Gasteiger partial charge in [-0.25, -0.2) is 9.69 Å². The van der Waals surface area contributed by atoms with Crippen molar-refractivity contribution in [1.29, 1.82) is 0 Å². The van der Waals surface area contributed by atoms with Gasteiger partial charge in [0, 0.05) is 15.7 Å². The molecule has 6 heteroatoms. The Morgan fingerprint density at radius 3 is 2.12 bits per heavy atom. The van der Waals surface area contributed by atoms with Crippen molar-refractivity contribution in [1.82, 2.24) is 4.90 Å². The van der Waals surface area contributed by atoms with Gasteiger partial charge in [0.05, 0.1) is 6.04 Å². The molecule has 0 radical (unpaired) electrons. The zero-order valence-electron chi connectivity index (χ0n) is 18.1. The molecule has 0 unspecified atom stereocenters. The minimum absolute atomic E-state index is 0.123. The molecule has 0 aromatic heterocycles. The third-order valence-electron chi connectivity index (χ3n) is 6.28. The molecule has 0 spiro atoms. The van der Waals surface area contributed by atoms with Gasteiger partial charge in [-0.05, 0) is 42.2 Å². The van der Waals surface area contributed by atoms with Crippen LogP contribution < -0.4 is 0 Å². The molecule has 3 aromatic carbocycles. The number of ketones is 1. The van der Waals surface area contributed by atoms with Crippen LogP contribution in [-0.2, 0) is 20.7 Å². The Morgan fingerprint density at radius 2 is 1.52 bits per heavy atom. The molecule has 0 saturated carbocycles. The summed E-state index contributed by atoms with van der Waals surface area (Å²) in [7, 11) is 0. The molecule has 5 nitrogen and oxygen atoms in total. The van der Waals surface area contributed by atoms with Crippen molar-refractivity contribution < 1.29 is 19.1 Å². The number of carbonyl (C=O) groups excluding carboxylic acids is 3. The normalized spacial score (nSPS) is 18.3. The Morgan fingerprint density at radius 1 is 0.939 bits per heavy atom. The predicted molar refractivity (Wildman–Crippen MR) is 125 cm³/mol. The lowest BCUT2D eigenvalue weighted by Gasteiger charge is -2.34. The van der Waals surface area contributed by atoms with Crippen molar-refractivity contribution >= 4 is 29.5 Å². The van der Waals surface area contributed by atoms with E-state index in [9.17, 15) is 14.4 Å². The van der Waals surface area contributed by atoms with E-state index in [0.717, 1.165) is 26.5 Å². The monoisotopic (exact) mass is 457 g/mol. The van der Waals surface area contributed by atoms with E-state index in [2.05, 4.69) is 0 Å². The molecule has 0 aliphatic carbocycles. The zero-order chi connectivity index (χ0) is 22.9. The van der Waals surface area contributed by atoms with E-state index >= 15 is 0 Å². The Labute approximate surface area is 196 Å². The first-order valence-corrected chi connectivity index (χ1v) is 11.8. The van der Waals surface area contributed by atoms with Crippen LogP contribution in [0, 0.1) is 5.92 Å². The summed E-state index contributed by atoms with van der Waals surface area (Å²) in [6.45, 7) is 1.56. The van der Waals surface area contributed by atoms with Crippen molar-refractivity contribution in [3.8, 4) is 0 Å². The highest BCUT2D eigenvalue weighted by Gasteiger charge is 2.47. The third kappa shape index (κ3) is 3.95. The summed E-state index contributed by atoms with van der Waals surface area (Å²) in [5, 5.41) is 0. The second-order valence-corrected chi connectivity index (χ2v) is 9.46. The lowest BCUT2D eigenvalue weighted by molar-refractivity contribution is -0.139. The van der Waals surface area contributed by atoms with E-state index in [1.807, 2.05) is 78.9 Å². The smallest absolute Gasteiger partial charge is 0.417 e. The van der Waals surface area contributed by atoms with Crippen LogP contribution in [0.4, 0.5) is 4.79 Å². The minimum atomic E-state index is -1.02. The number of cyclic esters (lactones) is 1. The van der Waals surface area contributed by atoms with Gasteiger partial charge < -0.3 is 4.74 Å². The first-order chi connectivity index (χ1) is 16.0. The Kier molecular flexibility index (Phi) is 5.77. The summed E-state index contributed by atoms with van der Waals surface area (Å²) in [6.07, 6.45) is -0.199. The largest absolute Gasteiger partial charge is 0.447 e. The van der Waals surface area contributed by atoms with Crippen molar-refractivity contribution in [2.24, 2.45) is 5.92 Å². The predicted octanol–water partition coefficient (Wildman–Crippen LogP) is 5.08. The summed E-state index contributed by atoms with van der Waals surface area (Å²) in [4.78, 5) is 42.8. The lowest BCUT2D eigenvalue weighted by atomic mass is 9.77. The quantitative estimate of drug-likeness (QED) is 0.500. The van der Waals surface area contributed by atoms with Crippen LogP contribution in [0.2, 0.25) is 0 Å². The average Bonchev–Trinajstić information content (AvgIpc) is 3.19. The molecule has 1 saturated heterocycles. The molecular weight excluding hydrogens is 434 g/mol. The number of nitrogens with zero attached hydrogens (tertiary/aromatic N) is 1. The fourth-order valence-corrected chi connectivity index (χ4v) is 5.93. The number of Topliss-reactive ketones (excluding diaryl/α,β-unsaturated/α-hetero) is 1. The lowest BCUT2D eigenvalue weighted by Crippen LogP contribution is -2.47. The zero-order valence-corrected chi connectivity index (χ0v) is 19.0. The highest BCUT2D eigenvalue weighted by molar-refractivity contribution is 7.99. The van der Waals surface area contributed by atoms with Gasteiger partial charge in [-0.2, -0.15) is 0 Å². The summed E-state index contributed by atoms with van der Waals surface area (Å²) in [5.41, 5.74) is 2.87. The minimum Gasteiger partial charge on any atom is -0.447 e. The van der Waals surface area contributed by atoms with Gasteiger partial charge in [-0.3, -0.25) is 9.59 Å². The fraction of sp³-hybridized carbons (Fsp3) is 0.222. The first kappa shape index (κ1) is 21.5. The van der Waals surface area contributed by atoms with E-state index in [0.29, 0.717) is 6.42 Å². The number of amides is 2. The van der Waals surface area contributed by atoms with Crippen LogP contribution in [0.25, 0.3) is 0 Å². The number of carbonyl (C=O) groups is 3. The molecule has 0 bridgehead atoms. The van der Waals surface area contributed by atoms with Crippen LogP contribution in [0.3, 0.4) is 0 Å². The molecule has 3 aromatic rings. The number of fused-ring (bicyclic) bond motifs is 2. The van der Waals surface area contributed by atoms with Crippen molar-refractivity contribution in [3.63, 3.8) is 0 Å². The van der Waals surface area contributed by atoms with Crippen LogP contribution >= 0.6 is 11.8 Å². The summed E-state index contributed by atoms with van der Waals surface area (Å²) in [5.74, 6) is -2.24. The Hall–Kier alpha value is -3.38. The number of ether oxygens (including phenoxy) is 1. The molecule has 166 valence electrons. The standard InChI is InChI=1S/C27H23NO4S/c1-17(29)24(25-20-11-5-7-13-22(20)33-23-14-8-6-12-21(23)25)26(30)28-19(16-32-27(28)31)15-18-9-3-2-4-10-18/h2-14,19,24-25H,15-16H2,1H3/t19-,24+/m0/s1. The maximum absolute atomic E-state index is 13.9. The van der Waals surface area contributed by atoms with Gasteiger partial charge in [0.15, 0.2) is 0 Å². The van der Waals surface area contributed by atoms with E-state index in [-0.39, 0.29) is 12.4 Å². The number of hydrogen-bond acceptors (Lipinski definition) is 5. The molecule has 33 heavy (non-hydrogen) atoms. The summed E-state index contributed by atoms with van der Waals surface area (Å²) < 4.78 is 5.28. The Balaban J connectivity index is 1.55. The highest BCUT2D eigenvalue weighted by atomic mass is 32.2. The van der Waals surface area contributed by atoms with Gasteiger partial charge in [0.25, 0.3) is 0 Å². The molecule has 2 heterocycles. The van der Waals surface area contributed by atoms with Gasteiger partial charge >= 0.3 is 6.09 Å². The molecule has 2 aliphatic heterocycles. The molecular formula is C27H23NO4S. The van der Waals surface area contributed by atoms with E-state index in [4.69, 9.17) is 4.74 Å². The molecule has 1 fully saturated rings. The fourth-order valence-electron chi connectivity index (χ4n) is 4.77. The third-order valence-corrected chi connectivity index (χ3v) is 7.46. The second kappa shape index (κ2) is 8.87. The van der Waals surface area contributed by atoms with E-state index < -0.39 is 29.9 Å². The number of imide groups is 1. The van der Waals surface area contributed by atoms with E-state index in [1.54, 1.807) is 11.8 Å². The van der Waals surface area contributed by atoms with Crippen LogP contribution in [0.15, 0.2) is 88.7 Å². The van der Waals surface area contributed by atoms with Crippen LogP contribution in [0.5, 0.6) is 0 Å². The van der Waals surface area contributed by atoms with Gasteiger partial charge in [0.1, 0.15) is 18.3 Å². The number of benzene rings is 3. The van der Waals surface area contributed by atoms with Crippen LogP contribution in [0.1, 0.15) is 29.5 Å². The average molecular weight is 458 g/mol. The van der Waals surface area contributed by atoms with Crippen molar-refractivity contribution in [2.75, 3.05) is 6.61 Å². The maximum atomic E-state index is 13.9. The molecule has 2 atom stereocenters. The molecule has 0 N–H and O–H groups in total. The maximum Gasteiger partial charge on any atom is 0.417 e. The van der Waals surface area contributed by atoms with Crippen molar-refractivity contribution in [3.05, 3.63) is 95.6 Å². The van der Waals surface area contributed by atoms with Gasteiger partial charge in [-0.15, -0.1) is 0 Å². The van der Waals surface area contributed by atoms with E-state index in [1.165, 1.54) is 11.8 Å². The SMILES string of the molecule is CC(=O)[C@@H](C(=O)N1C(=O)OC[C@@H]1Cc1ccccc1)C1c2ccccc2Sc2ccccc21. The number of hydrogen-bond donors (Lipinski definition) is 0. The van der Waals surface area contributed by atoms with Gasteiger partial charge in [0.2, 0.25) is 5.91 Å². The van der Waals surface area contributed by atoms with Crippen molar-refractivity contribution in [2.45, 2.75) is 35.1 Å². The Bertz CT molecular complexity index is 1180. The topological polar surface area (TPSA) is 63.7 Å². The second-order valence-electron chi connectivity index (χ2n) is 8.37. The molecule has 2 amide bonds. The number of rotatable bonds is 5.